The summed E-state index contributed by atoms with van der Waals surface area (Å²) in [5, 5.41) is 1.98. The summed E-state index contributed by atoms with van der Waals surface area (Å²) in [6.07, 6.45) is 0. The molecule has 1 unspecified atom stereocenters. The fourth-order valence-corrected chi connectivity index (χ4v) is 9.34. The summed E-state index contributed by atoms with van der Waals surface area (Å²) < 4.78 is 13.0. The Morgan fingerprint density at radius 3 is 1.83 bits per heavy atom. The molecule has 3 rings (SSSR count). The van der Waals surface area contributed by atoms with Gasteiger partial charge in [0.2, 0.25) is 5.12 Å². The Morgan fingerprint density at radius 1 is 0.958 bits per heavy atom. The summed E-state index contributed by atoms with van der Waals surface area (Å²) in [6.45, 7) is 9.70. The highest BCUT2D eigenvalue weighted by molar-refractivity contribution is 8.00. The highest BCUT2D eigenvalue weighted by Crippen LogP contribution is 2.44. The molecule has 1 heterocycles. The maximum atomic E-state index is 7.00. The van der Waals surface area contributed by atoms with Crippen molar-refractivity contribution in [3.63, 3.8) is 0 Å². The van der Waals surface area contributed by atoms with Gasteiger partial charge in [-0.05, 0) is 22.3 Å². The lowest BCUT2D eigenvalue weighted by molar-refractivity contribution is -0.0862. The van der Waals surface area contributed by atoms with Gasteiger partial charge in [-0.25, -0.2) is 0 Å². The lowest BCUT2D eigenvalue weighted by atomic mass is 10.2. The van der Waals surface area contributed by atoms with E-state index in [-0.39, 0.29) is 5.04 Å². The van der Waals surface area contributed by atoms with Crippen LogP contribution < -0.4 is 10.4 Å². The maximum absolute atomic E-state index is 7.00. The van der Waals surface area contributed by atoms with Crippen molar-refractivity contribution >= 4 is 30.5 Å². The fraction of sp³-hybridized carbons (Fsp3) is 0.400. The first kappa shape index (κ1) is 17.7. The average Bonchev–Trinajstić information content (AvgIpc) is 3.00. The smallest absolute Gasteiger partial charge is 0.265 e. The highest BCUT2D eigenvalue weighted by atomic mass is 32.2. The van der Waals surface area contributed by atoms with Gasteiger partial charge < -0.3 is 9.16 Å². The molecule has 0 saturated carbocycles. The van der Waals surface area contributed by atoms with E-state index in [0.29, 0.717) is 0 Å². The van der Waals surface area contributed by atoms with Gasteiger partial charge in [0.25, 0.3) is 8.32 Å². The van der Waals surface area contributed by atoms with Crippen molar-refractivity contribution in [2.45, 2.75) is 37.9 Å². The molecule has 0 aromatic heterocycles. The lowest BCUT2D eigenvalue weighted by Gasteiger charge is -2.46. The largest absolute Gasteiger partial charge is 0.373 e. The van der Waals surface area contributed by atoms with E-state index in [2.05, 4.69) is 88.4 Å². The van der Waals surface area contributed by atoms with E-state index in [0.717, 1.165) is 12.4 Å². The van der Waals surface area contributed by atoms with Crippen LogP contribution in [0.15, 0.2) is 60.7 Å². The molecule has 1 fully saturated rings. The van der Waals surface area contributed by atoms with Crippen molar-refractivity contribution in [3.05, 3.63) is 60.7 Å². The van der Waals surface area contributed by atoms with Crippen LogP contribution >= 0.6 is 11.8 Å². The third-order valence-corrected chi connectivity index (χ3v) is 10.9. The minimum Gasteiger partial charge on any atom is -0.373 e. The summed E-state index contributed by atoms with van der Waals surface area (Å²) >= 11 is 1.77. The second-order valence-corrected chi connectivity index (χ2v) is 13.0. The number of benzene rings is 2. The van der Waals surface area contributed by atoms with Crippen molar-refractivity contribution in [2.24, 2.45) is 0 Å². The van der Waals surface area contributed by atoms with E-state index in [4.69, 9.17) is 9.16 Å². The minimum absolute atomic E-state index is 0.0226. The highest BCUT2D eigenvalue weighted by Gasteiger charge is 2.54. The minimum atomic E-state index is -2.53. The third-order valence-electron chi connectivity index (χ3n) is 4.57. The monoisotopic (exact) mass is 358 g/mol. The molecule has 1 aliphatic heterocycles. The van der Waals surface area contributed by atoms with Crippen molar-refractivity contribution in [1.82, 2.24) is 0 Å². The van der Waals surface area contributed by atoms with E-state index in [1.165, 1.54) is 10.4 Å². The Hall–Kier alpha value is -1.07. The number of ether oxygens (including phenoxy) is 1. The Balaban J connectivity index is 2.21. The summed E-state index contributed by atoms with van der Waals surface area (Å²) in [7, 11) is -2.53. The first-order chi connectivity index (χ1) is 11.4. The Bertz CT molecular complexity index is 622. The van der Waals surface area contributed by atoms with E-state index < -0.39 is 13.4 Å². The topological polar surface area (TPSA) is 18.5 Å². The van der Waals surface area contributed by atoms with Gasteiger partial charge in [-0.2, -0.15) is 0 Å². The zero-order valence-corrected chi connectivity index (χ0v) is 16.7. The zero-order chi connectivity index (χ0) is 17.3. The van der Waals surface area contributed by atoms with E-state index in [1.807, 2.05) is 0 Å². The van der Waals surface area contributed by atoms with Gasteiger partial charge in [0, 0.05) is 5.75 Å². The van der Waals surface area contributed by atoms with Gasteiger partial charge in [-0.15, -0.1) is 0 Å². The van der Waals surface area contributed by atoms with Crippen LogP contribution in [0.4, 0.5) is 0 Å². The first-order valence-corrected chi connectivity index (χ1v) is 11.4. The standard InChI is InChI=1S/C20H26O2SSi/c1-19(2,3)24(17-11-7-5-8-12-17,18-13-9-6-10-14-18)22-20(4)21-15-16-23-20/h5-14H,15-16H2,1-4H3. The van der Waals surface area contributed by atoms with Crippen LogP contribution in [-0.4, -0.2) is 25.8 Å². The number of thioether (sulfide) groups is 1. The molecule has 2 nitrogen and oxygen atoms in total. The van der Waals surface area contributed by atoms with Crippen molar-refractivity contribution in [1.29, 1.82) is 0 Å². The predicted octanol–water partition coefficient (Wildman–Crippen LogP) is 4.00. The fourth-order valence-electron chi connectivity index (χ4n) is 3.48. The van der Waals surface area contributed by atoms with Crippen LogP contribution in [0.2, 0.25) is 5.04 Å². The maximum Gasteiger partial charge on any atom is 0.265 e. The van der Waals surface area contributed by atoms with E-state index >= 15 is 0 Å². The summed E-state index contributed by atoms with van der Waals surface area (Å²) in [5.74, 6) is 0.981. The molecule has 0 spiro atoms. The Morgan fingerprint density at radius 2 is 1.46 bits per heavy atom. The molecule has 0 radical (unpaired) electrons. The summed E-state index contributed by atoms with van der Waals surface area (Å²) in [6, 6.07) is 21.4. The molecule has 1 atom stereocenters. The van der Waals surface area contributed by atoms with Crippen molar-refractivity contribution < 1.29 is 9.16 Å². The molecule has 1 aliphatic rings. The van der Waals surface area contributed by atoms with Crippen molar-refractivity contribution in [3.8, 4) is 0 Å². The molecule has 128 valence electrons. The Labute approximate surface area is 150 Å². The number of hydrogen-bond donors (Lipinski definition) is 0. The van der Waals surface area contributed by atoms with Crippen LogP contribution in [-0.2, 0) is 9.16 Å². The van der Waals surface area contributed by atoms with Crippen molar-refractivity contribution in [2.75, 3.05) is 12.4 Å². The predicted molar refractivity (Wildman–Crippen MR) is 106 cm³/mol. The molecule has 2 aromatic rings. The van der Waals surface area contributed by atoms with Crippen LogP contribution in [0, 0.1) is 0 Å². The number of rotatable bonds is 4. The zero-order valence-electron chi connectivity index (χ0n) is 14.9. The van der Waals surface area contributed by atoms with Crippen LogP contribution in [0.3, 0.4) is 0 Å². The van der Waals surface area contributed by atoms with Gasteiger partial charge in [0.05, 0.1) is 6.61 Å². The number of hydrogen-bond acceptors (Lipinski definition) is 3. The quantitative estimate of drug-likeness (QED) is 0.770. The van der Waals surface area contributed by atoms with Crippen LogP contribution in [0.25, 0.3) is 0 Å². The van der Waals surface area contributed by atoms with E-state index in [9.17, 15) is 0 Å². The van der Waals surface area contributed by atoms with Gasteiger partial charge in [-0.3, -0.25) is 0 Å². The second-order valence-electron chi connectivity index (χ2n) is 7.32. The normalized spacial score (nSPS) is 21.8. The van der Waals surface area contributed by atoms with Crippen LogP contribution in [0.1, 0.15) is 27.7 Å². The molecule has 1 saturated heterocycles. The van der Waals surface area contributed by atoms with Gasteiger partial charge >= 0.3 is 0 Å². The van der Waals surface area contributed by atoms with Gasteiger partial charge in [-0.1, -0.05) is 93.2 Å². The first-order valence-electron chi connectivity index (χ1n) is 8.47. The third kappa shape index (κ3) is 3.20. The molecular formula is C20H26O2SSi. The van der Waals surface area contributed by atoms with Crippen LogP contribution in [0.5, 0.6) is 0 Å². The van der Waals surface area contributed by atoms with Gasteiger partial charge in [0.1, 0.15) is 0 Å². The molecule has 0 bridgehead atoms. The average molecular weight is 359 g/mol. The molecule has 0 amide bonds. The molecule has 2 aromatic carbocycles. The second kappa shape index (κ2) is 6.68. The summed E-state index contributed by atoms with van der Waals surface area (Å²) in [5.41, 5.74) is 0. The molecule has 0 N–H and O–H groups in total. The SMILES string of the molecule is CC1(O[Si](c2ccccc2)(c2ccccc2)C(C)(C)C)OCCS1. The molecule has 24 heavy (non-hydrogen) atoms. The van der Waals surface area contributed by atoms with Gasteiger partial charge in [0.15, 0.2) is 0 Å². The molecule has 4 heteroatoms. The molecular weight excluding hydrogens is 332 g/mol. The Kier molecular flexibility index (Phi) is 4.93. The van der Waals surface area contributed by atoms with E-state index in [1.54, 1.807) is 11.8 Å². The lowest BCUT2D eigenvalue weighted by Crippen LogP contribution is -2.69. The molecule has 0 aliphatic carbocycles. The summed E-state index contributed by atoms with van der Waals surface area (Å²) in [4.78, 5) is 0.